The third kappa shape index (κ3) is 4.23. The molecule has 0 radical (unpaired) electrons. The van der Waals surface area contributed by atoms with Gasteiger partial charge in [-0.2, -0.15) is 0 Å². The molecule has 7 heteroatoms. The Hall–Kier alpha value is -0.815. The second kappa shape index (κ2) is 7.20. The highest BCUT2D eigenvalue weighted by atomic mass is 35.5. The molecule has 0 N–H and O–H groups in total. The van der Waals surface area contributed by atoms with Crippen LogP contribution in [0.4, 0.5) is 4.39 Å². The predicted molar refractivity (Wildman–Crippen MR) is 98.6 cm³/mol. The molecule has 1 aromatic rings. The summed E-state index contributed by atoms with van der Waals surface area (Å²) in [6.45, 7) is 9.28. The summed E-state index contributed by atoms with van der Waals surface area (Å²) in [6.07, 6.45) is 1.65. The molecule has 0 spiro atoms. The van der Waals surface area contributed by atoms with Crippen LogP contribution in [-0.2, 0) is 14.1 Å². The lowest BCUT2D eigenvalue weighted by atomic mass is 9.78. The zero-order valence-corrected chi connectivity index (χ0v) is 16.1. The van der Waals surface area contributed by atoms with Crippen molar-refractivity contribution >= 4 is 41.7 Å². The molecular formula is C17H21BClFO3S. The van der Waals surface area contributed by atoms with Crippen molar-refractivity contribution in [3.8, 4) is 0 Å². The van der Waals surface area contributed by atoms with E-state index in [2.05, 4.69) is 0 Å². The Labute approximate surface area is 152 Å². The summed E-state index contributed by atoms with van der Waals surface area (Å²) >= 11 is 6.98. The van der Waals surface area contributed by atoms with Crippen molar-refractivity contribution in [3.05, 3.63) is 40.1 Å². The van der Waals surface area contributed by atoms with Crippen LogP contribution in [-0.4, -0.2) is 29.2 Å². The quantitative estimate of drug-likeness (QED) is 0.715. The maximum atomic E-state index is 14.2. The van der Waals surface area contributed by atoms with Crippen LogP contribution in [0.15, 0.2) is 23.7 Å². The molecule has 1 aliphatic heterocycles. The first-order valence-corrected chi connectivity index (χ1v) is 9.03. The number of carbonyl (C=O) groups excluding carboxylic acids is 1. The van der Waals surface area contributed by atoms with Gasteiger partial charge in [0.25, 0.3) is 0 Å². The van der Waals surface area contributed by atoms with E-state index in [4.69, 9.17) is 20.9 Å². The standard InChI is InChI=1S/C17H21BClFO3S/c1-11(21)24-10-13(9-12-7-6-8-14(19)15(12)20)18-22-16(2,3)17(4,5)23-18/h6-9H,10H2,1-5H3. The number of rotatable bonds is 4. The second-order valence-corrected chi connectivity index (χ2v) is 8.29. The zero-order valence-electron chi connectivity index (χ0n) is 14.5. The van der Waals surface area contributed by atoms with Gasteiger partial charge in [-0.25, -0.2) is 4.39 Å². The molecule has 1 fully saturated rings. The summed E-state index contributed by atoms with van der Waals surface area (Å²) in [6, 6.07) is 4.80. The van der Waals surface area contributed by atoms with Gasteiger partial charge in [0, 0.05) is 18.2 Å². The van der Waals surface area contributed by atoms with E-state index in [1.807, 2.05) is 27.7 Å². The maximum Gasteiger partial charge on any atom is 0.491 e. The van der Waals surface area contributed by atoms with Gasteiger partial charge in [0.2, 0.25) is 0 Å². The maximum absolute atomic E-state index is 14.2. The molecule has 1 aliphatic rings. The molecule has 24 heavy (non-hydrogen) atoms. The van der Waals surface area contributed by atoms with E-state index in [1.165, 1.54) is 13.0 Å². The molecule has 0 aromatic heterocycles. The zero-order chi connectivity index (χ0) is 18.1. The van der Waals surface area contributed by atoms with E-state index in [1.54, 1.807) is 18.2 Å². The lowest BCUT2D eigenvalue weighted by Gasteiger charge is -2.32. The first-order chi connectivity index (χ1) is 11.0. The smallest absolute Gasteiger partial charge is 0.400 e. The van der Waals surface area contributed by atoms with E-state index in [-0.39, 0.29) is 10.1 Å². The summed E-state index contributed by atoms with van der Waals surface area (Å²) < 4.78 is 26.3. The van der Waals surface area contributed by atoms with E-state index < -0.39 is 24.1 Å². The highest BCUT2D eigenvalue weighted by molar-refractivity contribution is 8.13. The van der Waals surface area contributed by atoms with E-state index in [0.717, 1.165) is 11.8 Å². The summed E-state index contributed by atoms with van der Waals surface area (Å²) in [7, 11) is -0.639. The van der Waals surface area contributed by atoms with Crippen molar-refractivity contribution in [1.82, 2.24) is 0 Å². The van der Waals surface area contributed by atoms with Crippen LogP contribution < -0.4 is 0 Å². The highest BCUT2D eigenvalue weighted by Gasteiger charge is 2.52. The van der Waals surface area contributed by atoms with Crippen molar-refractivity contribution in [3.63, 3.8) is 0 Å². The van der Waals surface area contributed by atoms with Crippen LogP contribution in [0.1, 0.15) is 40.2 Å². The summed E-state index contributed by atoms with van der Waals surface area (Å²) in [5.41, 5.74) is 0.0149. The van der Waals surface area contributed by atoms with Crippen molar-refractivity contribution in [1.29, 1.82) is 0 Å². The van der Waals surface area contributed by atoms with Gasteiger partial charge in [-0.3, -0.25) is 4.79 Å². The first kappa shape index (κ1) is 19.5. The summed E-state index contributed by atoms with van der Waals surface area (Å²) in [4.78, 5) is 11.4. The van der Waals surface area contributed by atoms with Gasteiger partial charge in [-0.1, -0.05) is 41.6 Å². The van der Waals surface area contributed by atoms with Crippen LogP contribution in [0, 0.1) is 5.82 Å². The Morgan fingerprint density at radius 3 is 2.42 bits per heavy atom. The Balaban J connectivity index is 2.37. The van der Waals surface area contributed by atoms with E-state index >= 15 is 0 Å². The highest BCUT2D eigenvalue weighted by Crippen LogP contribution is 2.39. The number of hydrogen-bond donors (Lipinski definition) is 0. The van der Waals surface area contributed by atoms with Crippen LogP contribution in [0.25, 0.3) is 6.08 Å². The molecular weight excluding hydrogens is 350 g/mol. The second-order valence-electron chi connectivity index (χ2n) is 6.73. The van der Waals surface area contributed by atoms with Crippen molar-refractivity contribution in [2.45, 2.75) is 45.8 Å². The van der Waals surface area contributed by atoms with E-state index in [0.29, 0.717) is 16.8 Å². The van der Waals surface area contributed by atoms with Gasteiger partial charge < -0.3 is 9.31 Å². The summed E-state index contributed by atoms with van der Waals surface area (Å²) in [5, 5.41) is 0.0280. The van der Waals surface area contributed by atoms with Gasteiger partial charge in [-0.05, 0) is 39.2 Å². The fourth-order valence-corrected chi connectivity index (χ4v) is 2.96. The first-order valence-electron chi connectivity index (χ1n) is 7.67. The van der Waals surface area contributed by atoms with Gasteiger partial charge in [0.05, 0.1) is 16.2 Å². The van der Waals surface area contributed by atoms with Gasteiger partial charge in [0.1, 0.15) is 5.82 Å². The molecule has 1 saturated heterocycles. The molecule has 0 aliphatic carbocycles. The molecule has 0 atom stereocenters. The molecule has 1 heterocycles. The normalized spacial score (nSPS) is 19.6. The number of thioether (sulfide) groups is 1. The molecule has 1 aromatic carbocycles. The number of hydrogen-bond acceptors (Lipinski definition) is 4. The monoisotopic (exact) mass is 370 g/mol. The van der Waals surface area contributed by atoms with Crippen LogP contribution in [0.3, 0.4) is 0 Å². The Bertz CT molecular complexity index is 660. The molecule has 0 bridgehead atoms. The SMILES string of the molecule is CC(=O)SCC(=Cc1cccc(Cl)c1F)B1OC(C)(C)C(C)(C)O1. The van der Waals surface area contributed by atoms with Crippen molar-refractivity contribution in [2.75, 3.05) is 5.75 Å². The lowest BCUT2D eigenvalue weighted by molar-refractivity contribution is -0.109. The molecule has 0 unspecified atom stereocenters. The Morgan fingerprint density at radius 2 is 1.88 bits per heavy atom. The third-order valence-corrected chi connectivity index (χ3v) is 5.50. The third-order valence-electron chi connectivity index (χ3n) is 4.32. The lowest BCUT2D eigenvalue weighted by Crippen LogP contribution is -2.41. The minimum atomic E-state index is -0.639. The molecule has 0 amide bonds. The summed E-state index contributed by atoms with van der Waals surface area (Å²) in [5.74, 6) is -0.140. The molecule has 2 rings (SSSR count). The number of carbonyl (C=O) groups is 1. The topological polar surface area (TPSA) is 35.5 Å². The average Bonchev–Trinajstić information content (AvgIpc) is 2.67. The molecule has 130 valence electrons. The van der Waals surface area contributed by atoms with Gasteiger partial charge in [0.15, 0.2) is 5.12 Å². The van der Waals surface area contributed by atoms with E-state index in [9.17, 15) is 9.18 Å². The molecule has 3 nitrogen and oxygen atoms in total. The van der Waals surface area contributed by atoms with Gasteiger partial charge >= 0.3 is 7.12 Å². The predicted octanol–water partition coefficient (Wildman–Crippen LogP) is 4.77. The number of halogens is 2. The minimum absolute atomic E-state index is 0.0241. The number of benzene rings is 1. The average molecular weight is 371 g/mol. The van der Waals surface area contributed by atoms with Crippen molar-refractivity contribution < 1.29 is 18.5 Å². The largest absolute Gasteiger partial charge is 0.491 e. The fraction of sp³-hybridized carbons (Fsp3) is 0.471. The fourth-order valence-electron chi connectivity index (χ4n) is 2.19. The van der Waals surface area contributed by atoms with Crippen LogP contribution in [0.5, 0.6) is 0 Å². The van der Waals surface area contributed by atoms with Crippen molar-refractivity contribution in [2.24, 2.45) is 0 Å². The molecule has 0 saturated carbocycles. The van der Waals surface area contributed by atoms with Crippen LogP contribution in [0.2, 0.25) is 5.02 Å². The van der Waals surface area contributed by atoms with Crippen LogP contribution >= 0.6 is 23.4 Å². The van der Waals surface area contributed by atoms with Gasteiger partial charge in [-0.15, -0.1) is 0 Å². The Kier molecular flexibility index (Phi) is 5.85. The minimum Gasteiger partial charge on any atom is -0.400 e. The Morgan fingerprint density at radius 1 is 1.29 bits per heavy atom.